The molecule has 0 bridgehead atoms. The molecule has 188 valence electrons. The lowest BCUT2D eigenvalue weighted by Gasteiger charge is -2.16. The van der Waals surface area contributed by atoms with Crippen molar-refractivity contribution in [2.24, 2.45) is 0 Å². The molecule has 0 atom stereocenters. The maximum absolute atomic E-state index is 13.1. The molecule has 7 nitrogen and oxygen atoms in total. The Hall–Kier alpha value is -4.88. The lowest BCUT2D eigenvalue weighted by atomic mass is 10.1. The third-order valence-electron chi connectivity index (χ3n) is 5.79. The number of ether oxygens (including phenoxy) is 1. The molecule has 38 heavy (non-hydrogen) atoms. The van der Waals surface area contributed by atoms with Crippen LogP contribution in [0.25, 0.3) is 0 Å². The molecule has 0 saturated heterocycles. The molecule has 1 aliphatic rings. The Bertz CT molecular complexity index is 1550. The minimum atomic E-state index is -0.634. The average molecular weight is 524 g/mol. The van der Waals surface area contributed by atoms with Gasteiger partial charge in [-0.2, -0.15) is 0 Å². The van der Waals surface area contributed by atoms with Gasteiger partial charge in [-0.05, 0) is 85.3 Å². The third-order valence-corrected chi connectivity index (χ3v) is 6.14. The molecule has 1 aliphatic heterocycles. The zero-order chi connectivity index (χ0) is 26.6. The Morgan fingerprint density at radius 2 is 1.45 bits per heavy atom. The van der Waals surface area contributed by atoms with Crippen LogP contribution in [0.2, 0.25) is 0 Å². The lowest BCUT2D eigenvalue weighted by Crippen LogP contribution is -2.32. The quantitative estimate of drug-likeness (QED) is 0.271. The maximum Gasteiger partial charge on any atom is 0.283 e. The van der Waals surface area contributed by atoms with Gasteiger partial charge in [-0.3, -0.25) is 14.4 Å². The van der Waals surface area contributed by atoms with E-state index in [1.807, 2.05) is 61.5 Å². The van der Waals surface area contributed by atoms with Crippen LogP contribution in [0, 0.1) is 6.92 Å². The number of amides is 3. The van der Waals surface area contributed by atoms with Crippen molar-refractivity contribution in [3.63, 3.8) is 0 Å². The number of hydrogen-bond acceptors (Lipinski definition) is 5. The van der Waals surface area contributed by atoms with Gasteiger partial charge in [0, 0.05) is 16.9 Å². The van der Waals surface area contributed by atoms with Crippen LogP contribution in [0.15, 0.2) is 114 Å². The second-order valence-electron chi connectivity index (χ2n) is 8.57. The summed E-state index contributed by atoms with van der Waals surface area (Å²) in [6.45, 7) is 1.95. The van der Waals surface area contributed by atoms with Crippen LogP contribution in [0.3, 0.4) is 0 Å². The van der Waals surface area contributed by atoms with E-state index in [2.05, 4.69) is 10.6 Å². The largest absolute Gasteiger partial charge is 0.457 e. The van der Waals surface area contributed by atoms with E-state index < -0.39 is 11.8 Å². The molecule has 0 unspecified atom stereocenters. The highest BCUT2D eigenvalue weighted by Gasteiger charge is 2.39. The number of anilines is 3. The summed E-state index contributed by atoms with van der Waals surface area (Å²) in [7, 11) is 0. The summed E-state index contributed by atoms with van der Waals surface area (Å²) in [5.74, 6) is -0.258. The fourth-order valence-electron chi connectivity index (χ4n) is 3.91. The van der Waals surface area contributed by atoms with Crippen LogP contribution in [0.5, 0.6) is 11.5 Å². The molecule has 0 radical (unpaired) electrons. The summed E-state index contributed by atoms with van der Waals surface area (Å²) in [6, 6.07) is 29.8. The first-order chi connectivity index (χ1) is 18.4. The average Bonchev–Trinajstić information content (AvgIpc) is 3.13. The molecule has 0 aromatic heterocycles. The smallest absolute Gasteiger partial charge is 0.283 e. The number of aryl methyl sites for hydroxylation is 1. The van der Waals surface area contributed by atoms with Crippen molar-refractivity contribution in [3.05, 3.63) is 125 Å². The Kier molecular flexibility index (Phi) is 6.93. The number of halogens is 1. The van der Waals surface area contributed by atoms with Gasteiger partial charge in [-0.1, -0.05) is 41.9 Å². The molecule has 4 aromatic rings. The van der Waals surface area contributed by atoms with Crippen LogP contribution in [0.1, 0.15) is 15.9 Å². The summed E-state index contributed by atoms with van der Waals surface area (Å²) in [4.78, 5) is 39.5. The Morgan fingerprint density at radius 1 is 0.763 bits per heavy atom. The van der Waals surface area contributed by atoms with Crippen molar-refractivity contribution in [2.45, 2.75) is 6.92 Å². The number of carbonyl (C=O) groups excluding carboxylic acids is 3. The fourth-order valence-corrected chi connectivity index (χ4v) is 4.12. The summed E-state index contributed by atoms with van der Waals surface area (Å²) < 4.78 is 5.77. The van der Waals surface area contributed by atoms with Crippen LogP contribution in [0.4, 0.5) is 17.1 Å². The van der Waals surface area contributed by atoms with Crippen molar-refractivity contribution < 1.29 is 19.1 Å². The molecule has 4 aromatic carbocycles. The predicted octanol–water partition coefficient (Wildman–Crippen LogP) is 6.48. The van der Waals surface area contributed by atoms with Crippen molar-refractivity contribution in [3.8, 4) is 11.5 Å². The van der Waals surface area contributed by atoms with E-state index in [1.165, 1.54) is 0 Å². The van der Waals surface area contributed by atoms with E-state index in [-0.39, 0.29) is 16.6 Å². The number of nitrogens with one attached hydrogen (secondary N) is 2. The fraction of sp³-hybridized carbons (Fsp3) is 0.0333. The van der Waals surface area contributed by atoms with Crippen LogP contribution in [-0.4, -0.2) is 17.7 Å². The number of benzene rings is 4. The predicted molar refractivity (Wildman–Crippen MR) is 148 cm³/mol. The van der Waals surface area contributed by atoms with E-state index in [1.54, 1.807) is 48.5 Å². The zero-order valence-corrected chi connectivity index (χ0v) is 21.0. The van der Waals surface area contributed by atoms with E-state index in [9.17, 15) is 14.4 Å². The summed E-state index contributed by atoms with van der Waals surface area (Å²) in [5, 5.41) is 5.54. The molecular weight excluding hydrogens is 502 g/mol. The molecule has 3 amide bonds. The first kappa shape index (κ1) is 24.8. The second-order valence-corrected chi connectivity index (χ2v) is 8.95. The topological polar surface area (TPSA) is 87.7 Å². The van der Waals surface area contributed by atoms with Crippen molar-refractivity contribution in [1.82, 2.24) is 0 Å². The van der Waals surface area contributed by atoms with Crippen LogP contribution < -0.4 is 20.3 Å². The number of hydrogen-bond donors (Lipinski definition) is 2. The molecule has 2 N–H and O–H groups in total. The highest BCUT2D eigenvalue weighted by atomic mass is 35.5. The standard InChI is InChI=1S/C30H22ClN3O4/c1-19-6-5-7-22(18-19)33-28(35)20-10-12-21(13-11-20)32-27-26(31)29(36)34(30(27)37)23-14-16-25(17-15-23)38-24-8-3-2-4-9-24/h2-18,32H,1H3,(H,33,35). The Morgan fingerprint density at radius 3 is 2.13 bits per heavy atom. The molecule has 8 heteroatoms. The van der Waals surface area contributed by atoms with E-state index in [4.69, 9.17) is 16.3 Å². The van der Waals surface area contributed by atoms with Gasteiger partial charge in [-0.15, -0.1) is 0 Å². The van der Waals surface area contributed by atoms with Crippen molar-refractivity contribution in [2.75, 3.05) is 15.5 Å². The van der Waals surface area contributed by atoms with Gasteiger partial charge in [0.25, 0.3) is 17.7 Å². The zero-order valence-electron chi connectivity index (χ0n) is 20.3. The van der Waals surface area contributed by atoms with E-state index >= 15 is 0 Å². The van der Waals surface area contributed by atoms with Gasteiger partial charge in [0.1, 0.15) is 22.2 Å². The van der Waals surface area contributed by atoms with Gasteiger partial charge < -0.3 is 15.4 Å². The molecule has 1 heterocycles. The lowest BCUT2D eigenvalue weighted by molar-refractivity contribution is -0.120. The first-order valence-electron chi connectivity index (χ1n) is 11.8. The number of carbonyl (C=O) groups is 3. The van der Waals surface area contributed by atoms with E-state index in [0.29, 0.717) is 34.1 Å². The number of rotatable bonds is 7. The second kappa shape index (κ2) is 10.6. The van der Waals surface area contributed by atoms with Gasteiger partial charge >= 0.3 is 0 Å². The number of para-hydroxylation sites is 1. The monoisotopic (exact) mass is 523 g/mol. The maximum atomic E-state index is 13.1. The minimum Gasteiger partial charge on any atom is -0.457 e. The van der Waals surface area contributed by atoms with Crippen molar-refractivity contribution >= 4 is 46.4 Å². The highest BCUT2D eigenvalue weighted by Crippen LogP contribution is 2.32. The SMILES string of the molecule is Cc1cccc(NC(=O)c2ccc(NC3=C(Cl)C(=O)N(c4ccc(Oc5ccccc5)cc4)C3=O)cc2)c1. The molecular formula is C30H22ClN3O4. The Labute approximate surface area is 224 Å². The minimum absolute atomic E-state index is 0.0433. The molecule has 0 saturated carbocycles. The summed E-state index contributed by atoms with van der Waals surface area (Å²) in [5.41, 5.74) is 2.99. The first-order valence-corrected chi connectivity index (χ1v) is 12.1. The highest BCUT2D eigenvalue weighted by molar-refractivity contribution is 6.53. The van der Waals surface area contributed by atoms with Gasteiger partial charge in [0.2, 0.25) is 0 Å². The van der Waals surface area contributed by atoms with Crippen molar-refractivity contribution in [1.29, 1.82) is 0 Å². The third kappa shape index (κ3) is 5.28. The Balaban J connectivity index is 1.26. The van der Waals surface area contributed by atoms with Gasteiger partial charge in [-0.25, -0.2) is 4.90 Å². The summed E-state index contributed by atoms with van der Waals surface area (Å²) in [6.07, 6.45) is 0. The van der Waals surface area contributed by atoms with Gasteiger partial charge in [0.15, 0.2) is 0 Å². The summed E-state index contributed by atoms with van der Waals surface area (Å²) >= 11 is 6.26. The van der Waals surface area contributed by atoms with Crippen LogP contribution in [-0.2, 0) is 9.59 Å². The van der Waals surface area contributed by atoms with Gasteiger partial charge in [0.05, 0.1) is 5.69 Å². The van der Waals surface area contributed by atoms with E-state index in [0.717, 1.165) is 10.5 Å². The number of imide groups is 1. The van der Waals surface area contributed by atoms with Crippen LogP contribution >= 0.6 is 11.6 Å². The molecule has 0 spiro atoms. The normalized spacial score (nSPS) is 13.1. The number of nitrogens with zero attached hydrogens (tertiary/aromatic N) is 1. The molecule has 0 aliphatic carbocycles. The molecule has 0 fully saturated rings. The molecule has 5 rings (SSSR count).